The Hall–Kier alpha value is -3.02. The molecule has 6 heteroatoms. The SMILES string of the molecule is O=C(NCCCn1ccnc1-c1ccccc1)c1ccc(F)cc1F. The molecule has 4 nitrogen and oxygen atoms in total. The molecule has 0 spiro atoms. The van der Waals surface area contributed by atoms with E-state index in [1.54, 1.807) is 6.20 Å². The Kier molecular flexibility index (Phi) is 5.18. The predicted molar refractivity (Wildman–Crippen MR) is 91.0 cm³/mol. The molecule has 3 rings (SSSR count). The molecule has 0 saturated carbocycles. The highest BCUT2D eigenvalue weighted by atomic mass is 19.1. The van der Waals surface area contributed by atoms with E-state index in [-0.39, 0.29) is 5.56 Å². The van der Waals surface area contributed by atoms with Gasteiger partial charge in [-0.1, -0.05) is 30.3 Å². The third-order valence-corrected chi connectivity index (χ3v) is 3.78. The summed E-state index contributed by atoms with van der Waals surface area (Å²) in [6.45, 7) is 1.04. The van der Waals surface area contributed by atoms with E-state index >= 15 is 0 Å². The maximum Gasteiger partial charge on any atom is 0.254 e. The fourth-order valence-corrected chi connectivity index (χ4v) is 2.56. The monoisotopic (exact) mass is 341 g/mol. The molecule has 0 atom stereocenters. The lowest BCUT2D eigenvalue weighted by molar-refractivity contribution is 0.0948. The summed E-state index contributed by atoms with van der Waals surface area (Å²) < 4.78 is 28.4. The average molecular weight is 341 g/mol. The first-order valence-corrected chi connectivity index (χ1v) is 7.95. The van der Waals surface area contributed by atoms with Crippen molar-refractivity contribution >= 4 is 5.91 Å². The highest BCUT2D eigenvalue weighted by Crippen LogP contribution is 2.16. The number of imidazole rings is 1. The van der Waals surface area contributed by atoms with E-state index in [1.807, 2.05) is 41.1 Å². The zero-order valence-corrected chi connectivity index (χ0v) is 13.5. The fraction of sp³-hybridized carbons (Fsp3) is 0.158. The highest BCUT2D eigenvalue weighted by molar-refractivity contribution is 5.94. The lowest BCUT2D eigenvalue weighted by Gasteiger charge is -2.09. The van der Waals surface area contributed by atoms with Crippen LogP contribution in [0.1, 0.15) is 16.8 Å². The zero-order chi connectivity index (χ0) is 17.6. The van der Waals surface area contributed by atoms with Crippen molar-refractivity contribution in [2.24, 2.45) is 0 Å². The normalized spacial score (nSPS) is 10.6. The molecular weight excluding hydrogens is 324 g/mol. The lowest BCUT2D eigenvalue weighted by atomic mass is 10.2. The van der Waals surface area contributed by atoms with Gasteiger partial charge in [0.25, 0.3) is 5.91 Å². The van der Waals surface area contributed by atoms with Gasteiger partial charge >= 0.3 is 0 Å². The molecule has 0 unspecified atom stereocenters. The molecule has 25 heavy (non-hydrogen) atoms. The summed E-state index contributed by atoms with van der Waals surface area (Å²) in [6.07, 6.45) is 4.27. The quantitative estimate of drug-likeness (QED) is 0.696. The second kappa shape index (κ2) is 7.70. The molecular formula is C19H17F2N3O. The van der Waals surface area contributed by atoms with Gasteiger partial charge in [-0.25, -0.2) is 13.8 Å². The van der Waals surface area contributed by atoms with Gasteiger partial charge in [-0.2, -0.15) is 0 Å². The summed E-state index contributed by atoms with van der Waals surface area (Å²) in [7, 11) is 0. The van der Waals surface area contributed by atoms with Gasteiger partial charge in [0.15, 0.2) is 0 Å². The number of carbonyl (C=O) groups is 1. The maximum atomic E-state index is 13.6. The van der Waals surface area contributed by atoms with Crippen molar-refractivity contribution in [1.82, 2.24) is 14.9 Å². The van der Waals surface area contributed by atoms with E-state index < -0.39 is 17.5 Å². The van der Waals surface area contributed by atoms with Crippen LogP contribution in [0, 0.1) is 11.6 Å². The molecule has 0 aliphatic carbocycles. The van der Waals surface area contributed by atoms with E-state index in [0.29, 0.717) is 25.6 Å². The van der Waals surface area contributed by atoms with Crippen molar-refractivity contribution in [3.05, 3.63) is 78.1 Å². The van der Waals surface area contributed by atoms with E-state index in [0.717, 1.165) is 23.5 Å². The van der Waals surface area contributed by atoms with Crippen LogP contribution in [0.3, 0.4) is 0 Å². The van der Waals surface area contributed by atoms with Crippen LogP contribution in [-0.2, 0) is 6.54 Å². The van der Waals surface area contributed by atoms with Gasteiger partial charge < -0.3 is 9.88 Å². The Morgan fingerprint density at radius 3 is 2.68 bits per heavy atom. The number of hydrogen-bond donors (Lipinski definition) is 1. The smallest absolute Gasteiger partial charge is 0.254 e. The highest BCUT2D eigenvalue weighted by Gasteiger charge is 2.12. The Morgan fingerprint density at radius 2 is 1.92 bits per heavy atom. The summed E-state index contributed by atoms with van der Waals surface area (Å²) in [5.74, 6) is -1.26. The van der Waals surface area contributed by atoms with Crippen LogP contribution in [0.2, 0.25) is 0 Å². The van der Waals surface area contributed by atoms with Gasteiger partial charge in [0, 0.05) is 37.1 Å². The Balaban J connectivity index is 1.54. The molecule has 0 aliphatic rings. The molecule has 1 N–H and O–H groups in total. The summed E-state index contributed by atoms with van der Waals surface area (Å²) in [4.78, 5) is 16.3. The largest absolute Gasteiger partial charge is 0.352 e. The minimum atomic E-state index is -0.863. The van der Waals surface area contributed by atoms with Crippen molar-refractivity contribution in [3.8, 4) is 11.4 Å². The van der Waals surface area contributed by atoms with Gasteiger partial charge in [-0.05, 0) is 18.6 Å². The molecule has 0 bridgehead atoms. The Bertz CT molecular complexity index is 862. The third-order valence-electron chi connectivity index (χ3n) is 3.78. The summed E-state index contributed by atoms with van der Waals surface area (Å²) >= 11 is 0. The third kappa shape index (κ3) is 4.09. The number of halogens is 2. The maximum absolute atomic E-state index is 13.6. The van der Waals surface area contributed by atoms with E-state index in [1.165, 1.54) is 0 Å². The average Bonchev–Trinajstić information content (AvgIpc) is 3.08. The van der Waals surface area contributed by atoms with Crippen LogP contribution in [-0.4, -0.2) is 22.0 Å². The number of hydrogen-bond acceptors (Lipinski definition) is 2. The minimum Gasteiger partial charge on any atom is -0.352 e. The van der Waals surface area contributed by atoms with Crippen LogP contribution in [0.4, 0.5) is 8.78 Å². The fourth-order valence-electron chi connectivity index (χ4n) is 2.56. The Morgan fingerprint density at radius 1 is 1.12 bits per heavy atom. The Labute approximate surface area is 144 Å². The first-order valence-electron chi connectivity index (χ1n) is 7.95. The molecule has 2 aromatic carbocycles. The number of rotatable bonds is 6. The molecule has 1 heterocycles. The number of carbonyl (C=O) groups excluding carboxylic acids is 1. The number of amides is 1. The van der Waals surface area contributed by atoms with Crippen LogP contribution < -0.4 is 5.32 Å². The van der Waals surface area contributed by atoms with E-state index in [9.17, 15) is 13.6 Å². The molecule has 128 valence electrons. The van der Waals surface area contributed by atoms with Crippen molar-refractivity contribution in [2.75, 3.05) is 6.54 Å². The van der Waals surface area contributed by atoms with Crippen molar-refractivity contribution < 1.29 is 13.6 Å². The minimum absolute atomic E-state index is 0.158. The first kappa shape index (κ1) is 16.8. The molecule has 1 amide bonds. The van der Waals surface area contributed by atoms with Crippen molar-refractivity contribution in [1.29, 1.82) is 0 Å². The molecule has 3 aromatic rings. The second-order valence-corrected chi connectivity index (χ2v) is 5.54. The van der Waals surface area contributed by atoms with Gasteiger partial charge in [0.2, 0.25) is 0 Å². The van der Waals surface area contributed by atoms with Crippen LogP contribution in [0.25, 0.3) is 11.4 Å². The van der Waals surface area contributed by atoms with Crippen molar-refractivity contribution in [3.63, 3.8) is 0 Å². The van der Waals surface area contributed by atoms with E-state index in [2.05, 4.69) is 10.3 Å². The van der Waals surface area contributed by atoms with E-state index in [4.69, 9.17) is 0 Å². The molecule has 1 aromatic heterocycles. The number of aryl methyl sites for hydroxylation is 1. The molecule has 0 radical (unpaired) electrons. The zero-order valence-electron chi connectivity index (χ0n) is 13.5. The molecule has 0 aliphatic heterocycles. The van der Waals surface area contributed by atoms with Crippen molar-refractivity contribution in [2.45, 2.75) is 13.0 Å². The van der Waals surface area contributed by atoms with Gasteiger partial charge in [-0.3, -0.25) is 4.79 Å². The molecule has 0 fully saturated rings. The van der Waals surface area contributed by atoms with Gasteiger partial charge in [-0.15, -0.1) is 0 Å². The number of aromatic nitrogens is 2. The number of nitrogens with zero attached hydrogens (tertiary/aromatic N) is 2. The van der Waals surface area contributed by atoms with Gasteiger partial charge in [0.1, 0.15) is 17.5 Å². The standard InChI is InChI=1S/C19H17F2N3O/c20-15-7-8-16(17(21)13-15)19(25)23-9-4-11-24-12-10-22-18(24)14-5-2-1-3-6-14/h1-3,5-8,10,12-13H,4,9,11H2,(H,23,25). The lowest BCUT2D eigenvalue weighted by Crippen LogP contribution is -2.26. The summed E-state index contributed by atoms with van der Waals surface area (Å²) in [5, 5.41) is 2.65. The van der Waals surface area contributed by atoms with Gasteiger partial charge in [0.05, 0.1) is 5.56 Å². The number of nitrogens with one attached hydrogen (secondary N) is 1. The second-order valence-electron chi connectivity index (χ2n) is 5.54. The van der Waals surface area contributed by atoms with Crippen LogP contribution in [0.15, 0.2) is 60.9 Å². The predicted octanol–water partition coefficient (Wildman–Crippen LogP) is 3.65. The van der Waals surface area contributed by atoms with Crippen LogP contribution in [0.5, 0.6) is 0 Å². The first-order chi connectivity index (χ1) is 12.1. The topological polar surface area (TPSA) is 46.9 Å². The summed E-state index contributed by atoms with van der Waals surface area (Å²) in [6, 6.07) is 12.7. The molecule has 0 saturated heterocycles. The number of benzene rings is 2. The summed E-state index contributed by atoms with van der Waals surface area (Å²) in [5.41, 5.74) is 0.860. The van der Waals surface area contributed by atoms with Crippen LogP contribution >= 0.6 is 0 Å².